The van der Waals surface area contributed by atoms with E-state index in [9.17, 15) is 14.9 Å². The van der Waals surface area contributed by atoms with Crippen molar-refractivity contribution in [3.63, 3.8) is 0 Å². The summed E-state index contributed by atoms with van der Waals surface area (Å²) >= 11 is 3.11. The number of rotatable bonds is 3. The van der Waals surface area contributed by atoms with Gasteiger partial charge in [-0.1, -0.05) is 0 Å². The number of nitrogens with one attached hydrogen (secondary N) is 1. The minimum atomic E-state index is -0.465. The van der Waals surface area contributed by atoms with Crippen molar-refractivity contribution in [3.8, 4) is 0 Å². The van der Waals surface area contributed by atoms with Crippen molar-refractivity contribution in [3.05, 3.63) is 56.4 Å². The molecule has 6 nitrogen and oxygen atoms in total. The van der Waals surface area contributed by atoms with E-state index in [1.807, 2.05) is 0 Å². The van der Waals surface area contributed by atoms with E-state index in [1.54, 1.807) is 13.0 Å². The van der Waals surface area contributed by atoms with E-state index >= 15 is 0 Å². The predicted octanol–water partition coefficient (Wildman–Crippen LogP) is 3.51. The Morgan fingerprint density at radius 3 is 2.68 bits per heavy atom. The number of halogens is 1. The van der Waals surface area contributed by atoms with E-state index in [0.29, 0.717) is 21.5 Å². The number of hydrogen-bond acceptors (Lipinski definition) is 4. The average Bonchev–Trinajstić information content (AvgIpc) is 2.75. The largest absolute Gasteiger partial charge is 0.457 e. The summed E-state index contributed by atoms with van der Waals surface area (Å²) in [4.78, 5) is 22.1. The maximum atomic E-state index is 11.9. The first-order chi connectivity index (χ1) is 8.99. The Hall–Kier alpha value is -2.15. The van der Waals surface area contributed by atoms with Crippen molar-refractivity contribution in [2.45, 2.75) is 6.92 Å². The maximum absolute atomic E-state index is 11.9. The third kappa shape index (κ3) is 2.82. The van der Waals surface area contributed by atoms with Crippen molar-refractivity contribution in [2.75, 3.05) is 5.32 Å². The lowest BCUT2D eigenvalue weighted by Gasteiger charge is -2.05. The molecule has 2 rings (SSSR count). The Balaban J connectivity index is 2.21. The zero-order valence-corrected chi connectivity index (χ0v) is 11.4. The number of furan rings is 1. The van der Waals surface area contributed by atoms with E-state index in [2.05, 4.69) is 21.2 Å². The monoisotopic (exact) mass is 324 g/mol. The molecule has 0 saturated carbocycles. The Kier molecular flexibility index (Phi) is 3.66. The van der Waals surface area contributed by atoms with Crippen LogP contribution in [-0.4, -0.2) is 10.8 Å². The Morgan fingerprint density at radius 2 is 2.16 bits per heavy atom. The van der Waals surface area contributed by atoms with Crippen LogP contribution in [-0.2, 0) is 0 Å². The predicted molar refractivity (Wildman–Crippen MR) is 72.2 cm³/mol. The Bertz CT molecular complexity index is 651. The number of nitro benzene ring substituents is 1. The molecule has 1 aromatic carbocycles. The quantitative estimate of drug-likeness (QED) is 0.691. The van der Waals surface area contributed by atoms with E-state index in [-0.39, 0.29) is 11.6 Å². The highest BCUT2D eigenvalue weighted by atomic mass is 79.9. The van der Waals surface area contributed by atoms with Crippen LogP contribution in [0.15, 0.2) is 39.6 Å². The summed E-state index contributed by atoms with van der Waals surface area (Å²) in [6.45, 7) is 1.61. The molecule has 0 radical (unpaired) electrons. The number of carbonyl (C=O) groups excluding carboxylic acids is 1. The lowest BCUT2D eigenvalue weighted by molar-refractivity contribution is -0.385. The summed E-state index contributed by atoms with van der Waals surface area (Å²) in [7, 11) is 0. The van der Waals surface area contributed by atoms with Crippen LogP contribution in [0.2, 0.25) is 0 Å². The van der Waals surface area contributed by atoms with Gasteiger partial charge in [-0.2, -0.15) is 0 Å². The number of benzene rings is 1. The van der Waals surface area contributed by atoms with Crippen LogP contribution < -0.4 is 5.32 Å². The number of hydrogen-bond donors (Lipinski definition) is 1. The molecule has 1 aromatic heterocycles. The van der Waals surface area contributed by atoms with Crippen LogP contribution in [0, 0.1) is 17.0 Å². The second kappa shape index (κ2) is 5.23. The molecule has 19 heavy (non-hydrogen) atoms. The van der Waals surface area contributed by atoms with Crippen LogP contribution in [0.1, 0.15) is 15.9 Å². The van der Waals surface area contributed by atoms with Crippen molar-refractivity contribution in [1.82, 2.24) is 0 Å². The van der Waals surface area contributed by atoms with Crippen LogP contribution in [0.4, 0.5) is 11.4 Å². The molecule has 0 aliphatic carbocycles. The fourth-order valence-electron chi connectivity index (χ4n) is 1.59. The van der Waals surface area contributed by atoms with Crippen LogP contribution in [0.3, 0.4) is 0 Å². The van der Waals surface area contributed by atoms with Gasteiger partial charge in [0.15, 0.2) is 4.67 Å². The molecule has 2 aromatic rings. The van der Waals surface area contributed by atoms with Crippen molar-refractivity contribution in [2.24, 2.45) is 0 Å². The van der Waals surface area contributed by atoms with Gasteiger partial charge in [0.25, 0.3) is 11.6 Å². The molecule has 98 valence electrons. The Morgan fingerprint density at radius 1 is 1.42 bits per heavy atom. The zero-order valence-electron chi connectivity index (χ0n) is 9.84. The fourth-order valence-corrected chi connectivity index (χ4v) is 2.01. The molecule has 7 heteroatoms. The van der Waals surface area contributed by atoms with E-state index in [4.69, 9.17) is 4.42 Å². The molecule has 1 amide bonds. The van der Waals surface area contributed by atoms with Gasteiger partial charge in [0.05, 0.1) is 16.7 Å². The molecule has 0 aliphatic rings. The smallest absolute Gasteiger partial charge is 0.272 e. The van der Waals surface area contributed by atoms with Gasteiger partial charge in [0.1, 0.15) is 0 Å². The number of anilines is 1. The number of carbonyl (C=O) groups is 1. The van der Waals surface area contributed by atoms with Crippen LogP contribution in [0.5, 0.6) is 0 Å². The molecular formula is C12H9BrN2O4. The van der Waals surface area contributed by atoms with Gasteiger partial charge in [-0.25, -0.2) is 0 Å². The molecule has 0 spiro atoms. The molecule has 1 heterocycles. The molecule has 0 fully saturated rings. The van der Waals surface area contributed by atoms with Crippen molar-refractivity contribution in [1.29, 1.82) is 0 Å². The van der Waals surface area contributed by atoms with E-state index < -0.39 is 4.92 Å². The van der Waals surface area contributed by atoms with Gasteiger partial charge in [-0.05, 0) is 41.1 Å². The van der Waals surface area contributed by atoms with Gasteiger partial charge >= 0.3 is 0 Å². The van der Waals surface area contributed by atoms with Crippen LogP contribution >= 0.6 is 15.9 Å². The zero-order chi connectivity index (χ0) is 14.0. The molecule has 1 N–H and O–H groups in total. The fraction of sp³-hybridized carbons (Fsp3) is 0.0833. The standard InChI is InChI=1S/C12H9BrN2O4/c1-7-6-8(2-3-10(7)15(17)18)14-12(16)9-4-5-19-11(9)13/h2-6H,1H3,(H,14,16). The molecule has 0 bridgehead atoms. The van der Waals surface area contributed by atoms with Crippen molar-refractivity contribution < 1.29 is 14.1 Å². The second-order valence-electron chi connectivity index (χ2n) is 3.82. The average molecular weight is 325 g/mol. The van der Waals surface area contributed by atoms with E-state index in [1.165, 1.54) is 24.5 Å². The summed E-state index contributed by atoms with van der Waals surface area (Å²) < 4.78 is 5.30. The normalized spacial score (nSPS) is 10.2. The SMILES string of the molecule is Cc1cc(NC(=O)c2ccoc2Br)ccc1[N+](=O)[O-]. The molecule has 0 atom stereocenters. The summed E-state index contributed by atoms with van der Waals surface area (Å²) in [6.07, 6.45) is 1.39. The maximum Gasteiger partial charge on any atom is 0.272 e. The summed E-state index contributed by atoms with van der Waals surface area (Å²) in [5, 5.41) is 13.3. The number of amides is 1. The van der Waals surface area contributed by atoms with Gasteiger partial charge in [-0.3, -0.25) is 14.9 Å². The third-order valence-electron chi connectivity index (χ3n) is 2.51. The first-order valence-corrected chi connectivity index (χ1v) is 6.07. The van der Waals surface area contributed by atoms with E-state index in [0.717, 1.165) is 0 Å². The van der Waals surface area contributed by atoms with Gasteiger partial charge < -0.3 is 9.73 Å². The lowest BCUT2D eigenvalue weighted by Crippen LogP contribution is -2.11. The topological polar surface area (TPSA) is 85.4 Å². The third-order valence-corrected chi connectivity index (χ3v) is 3.13. The highest BCUT2D eigenvalue weighted by Gasteiger charge is 2.15. The summed E-state index contributed by atoms with van der Waals surface area (Å²) in [5.74, 6) is -0.353. The van der Waals surface area contributed by atoms with Crippen LogP contribution in [0.25, 0.3) is 0 Å². The first-order valence-electron chi connectivity index (χ1n) is 5.28. The number of nitrogens with zero attached hydrogens (tertiary/aromatic N) is 1. The number of nitro groups is 1. The van der Waals surface area contributed by atoms with Gasteiger partial charge in [0.2, 0.25) is 0 Å². The summed E-state index contributed by atoms with van der Waals surface area (Å²) in [6, 6.07) is 5.91. The lowest BCUT2D eigenvalue weighted by atomic mass is 10.2. The summed E-state index contributed by atoms with van der Waals surface area (Å²) in [5.41, 5.74) is 1.34. The molecule has 0 saturated heterocycles. The second-order valence-corrected chi connectivity index (χ2v) is 4.54. The van der Waals surface area contributed by atoms with Gasteiger partial charge in [0, 0.05) is 17.3 Å². The minimum Gasteiger partial charge on any atom is -0.457 e. The number of aryl methyl sites for hydroxylation is 1. The first kappa shape index (κ1) is 13.3. The molecule has 0 unspecified atom stereocenters. The minimum absolute atomic E-state index is 0.0162. The van der Waals surface area contributed by atoms with Crippen molar-refractivity contribution >= 4 is 33.2 Å². The Labute approximate surface area is 116 Å². The molecular weight excluding hydrogens is 316 g/mol. The van der Waals surface area contributed by atoms with Gasteiger partial charge in [-0.15, -0.1) is 0 Å². The molecule has 0 aliphatic heterocycles. The highest BCUT2D eigenvalue weighted by molar-refractivity contribution is 9.10. The highest BCUT2D eigenvalue weighted by Crippen LogP contribution is 2.23.